The third-order valence-electron chi connectivity index (χ3n) is 4.33. The van der Waals surface area contributed by atoms with Crippen LogP contribution in [0, 0.1) is 0 Å². The van der Waals surface area contributed by atoms with Crippen molar-refractivity contribution in [3.8, 4) is 5.75 Å². The summed E-state index contributed by atoms with van der Waals surface area (Å²) in [7, 11) is 1.67. The van der Waals surface area contributed by atoms with Crippen molar-refractivity contribution in [3.63, 3.8) is 0 Å². The third-order valence-corrected chi connectivity index (χ3v) is 4.33. The zero-order chi connectivity index (χ0) is 14.4. The standard InChI is InChI=1S/C17H25NO2/c1-3-4-7-13-18-16(19)17(11-8-12-17)14-9-5-6-10-15(14)20-2/h5-6,9-10H,3-4,7-8,11-13H2,1-2H3,(H,18,19). The second-order valence-electron chi connectivity index (χ2n) is 5.60. The Labute approximate surface area is 121 Å². The van der Waals surface area contributed by atoms with Gasteiger partial charge < -0.3 is 10.1 Å². The van der Waals surface area contributed by atoms with E-state index in [1.54, 1.807) is 7.11 Å². The number of nitrogens with one attached hydrogen (secondary N) is 1. The second kappa shape index (κ2) is 6.78. The van der Waals surface area contributed by atoms with Crippen LogP contribution in [-0.2, 0) is 10.2 Å². The van der Waals surface area contributed by atoms with Crippen LogP contribution in [0.1, 0.15) is 51.0 Å². The lowest BCUT2D eigenvalue weighted by Crippen LogP contribution is -2.49. The minimum absolute atomic E-state index is 0.171. The number of benzene rings is 1. The number of para-hydroxylation sites is 1. The van der Waals surface area contributed by atoms with Crippen LogP contribution < -0.4 is 10.1 Å². The number of amides is 1. The summed E-state index contributed by atoms with van der Waals surface area (Å²) in [6.07, 6.45) is 6.36. The van der Waals surface area contributed by atoms with Gasteiger partial charge in [-0.3, -0.25) is 4.79 Å². The van der Waals surface area contributed by atoms with Gasteiger partial charge in [-0.2, -0.15) is 0 Å². The maximum atomic E-state index is 12.6. The maximum Gasteiger partial charge on any atom is 0.230 e. The van der Waals surface area contributed by atoms with Crippen molar-refractivity contribution < 1.29 is 9.53 Å². The van der Waals surface area contributed by atoms with Crippen molar-refractivity contribution in [2.45, 2.75) is 50.9 Å². The zero-order valence-electron chi connectivity index (χ0n) is 12.6. The molecule has 1 N–H and O–H groups in total. The molecular weight excluding hydrogens is 250 g/mol. The highest BCUT2D eigenvalue weighted by Crippen LogP contribution is 2.47. The highest BCUT2D eigenvalue weighted by Gasteiger charge is 2.46. The molecule has 2 rings (SSSR count). The Kier molecular flexibility index (Phi) is 5.05. The number of unbranched alkanes of at least 4 members (excludes halogenated alkanes) is 2. The van der Waals surface area contributed by atoms with Crippen molar-refractivity contribution in [1.29, 1.82) is 0 Å². The van der Waals surface area contributed by atoms with E-state index in [0.717, 1.165) is 43.5 Å². The molecule has 0 saturated heterocycles. The minimum Gasteiger partial charge on any atom is -0.496 e. The fourth-order valence-electron chi connectivity index (χ4n) is 2.94. The first-order valence-corrected chi connectivity index (χ1v) is 7.66. The summed E-state index contributed by atoms with van der Waals surface area (Å²) in [5, 5.41) is 3.12. The summed E-state index contributed by atoms with van der Waals surface area (Å²) < 4.78 is 5.44. The molecule has 0 radical (unpaired) electrons. The first-order chi connectivity index (χ1) is 9.74. The van der Waals surface area contributed by atoms with Gasteiger partial charge in [-0.1, -0.05) is 44.4 Å². The highest BCUT2D eigenvalue weighted by atomic mass is 16.5. The molecule has 1 aromatic rings. The van der Waals surface area contributed by atoms with Crippen molar-refractivity contribution in [2.24, 2.45) is 0 Å². The molecule has 20 heavy (non-hydrogen) atoms. The number of hydrogen-bond acceptors (Lipinski definition) is 2. The van der Waals surface area contributed by atoms with Crippen LogP contribution in [-0.4, -0.2) is 19.6 Å². The van der Waals surface area contributed by atoms with Crippen LogP contribution >= 0.6 is 0 Å². The number of rotatable bonds is 7. The van der Waals surface area contributed by atoms with Gasteiger partial charge in [-0.15, -0.1) is 0 Å². The van der Waals surface area contributed by atoms with E-state index >= 15 is 0 Å². The molecule has 1 amide bonds. The molecule has 110 valence electrons. The second-order valence-corrected chi connectivity index (χ2v) is 5.60. The summed E-state index contributed by atoms with van der Waals surface area (Å²) in [5.74, 6) is 1.00. The topological polar surface area (TPSA) is 38.3 Å². The van der Waals surface area contributed by atoms with Crippen molar-refractivity contribution in [1.82, 2.24) is 5.32 Å². The smallest absolute Gasteiger partial charge is 0.230 e. The van der Waals surface area contributed by atoms with E-state index in [1.807, 2.05) is 24.3 Å². The lowest BCUT2D eigenvalue weighted by atomic mass is 9.63. The molecular formula is C17H25NO2. The number of ether oxygens (including phenoxy) is 1. The number of hydrogen-bond donors (Lipinski definition) is 1. The Morgan fingerprint density at radius 1 is 1.30 bits per heavy atom. The average molecular weight is 275 g/mol. The molecule has 1 aliphatic rings. The Morgan fingerprint density at radius 3 is 2.65 bits per heavy atom. The quantitative estimate of drug-likeness (QED) is 0.774. The van der Waals surface area contributed by atoms with E-state index in [-0.39, 0.29) is 11.3 Å². The monoisotopic (exact) mass is 275 g/mol. The van der Waals surface area contributed by atoms with Crippen molar-refractivity contribution in [2.75, 3.05) is 13.7 Å². The third kappa shape index (κ3) is 2.82. The Balaban J connectivity index is 2.10. The van der Waals surface area contributed by atoms with Crippen LogP contribution in [0.2, 0.25) is 0 Å². The lowest BCUT2D eigenvalue weighted by Gasteiger charge is -2.41. The summed E-state index contributed by atoms with van der Waals surface area (Å²) in [6, 6.07) is 7.92. The van der Waals surface area contributed by atoms with Crippen LogP contribution in [0.4, 0.5) is 0 Å². The molecule has 0 aromatic heterocycles. The van der Waals surface area contributed by atoms with E-state index in [9.17, 15) is 4.79 Å². The Morgan fingerprint density at radius 2 is 2.05 bits per heavy atom. The first kappa shape index (κ1) is 14.9. The van der Waals surface area contributed by atoms with Crippen molar-refractivity contribution in [3.05, 3.63) is 29.8 Å². The van der Waals surface area contributed by atoms with E-state index in [0.29, 0.717) is 0 Å². The summed E-state index contributed by atoms with van der Waals surface area (Å²) >= 11 is 0. The fraction of sp³-hybridized carbons (Fsp3) is 0.588. The molecule has 0 atom stereocenters. The molecule has 1 aromatic carbocycles. The summed E-state index contributed by atoms with van der Waals surface area (Å²) in [5.41, 5.74) is 0.681. The molecule has 1 saturated carbocycles. The van der Waals surface area contributed by atoms with Gasteiger partial charge in [0.1, 0.15) is 5.75 Å². The maximum absolute atomic E-state index is 12.6. The molecule has 3 heteroatoms. The van der Waals surface area contributed by atoms with E-state index in [2.05, 4.69) is 12.2 Å². The van der Waals surface area contributed by atoms with Crippen LogP contribution in [0.15, 0.2) is 24.3 Å². The first-order valence-electron chi connectivity index (χ1n) is 7.66. The average Bonchev–Trinajstić information content (AvgIpc) is 2.43. The van der Waals surface area contributed by atoms with E-state index in [4.69, 9.17) is 4.74 Å². The Hall–Kier alpha value is -1.51. The summed E-state index contributed by atoms with van der Waals surface area (Å²) in [4.78, 5) is 12.6. The SMILES string of the molecule is CCCCCNC(=O)C1(c2ccccc2OC)CCC1. The van der Waals surface area contributed by atoms with Gasteiger partial charge in [-0.25, -0.2) is 0 Å². The predicted octanol–water partition coefficient (Wildman–Crippen LogP) is 3.42. The van der Waals surface area contributed by atoms with Gasteiger partial charge >= 0.3 is 0 Å². The van der Waals surface area contributed by atoms with E-state index < -0.39 is 0 Å². The zero-order valence-corrected chi connectivity index (χ0v) is 12.6. The summed E-state index contributed by atoms with van der Waals surface area (Å²) in [6.45, 7) is 2.95. The van der Waals surface area contributed by atoms with Gasteiger partial charge in [-0.05, 0) is 25.3 Å². The fourth-order valence-corrected chi connectivity index (χ4v) is 2.94. The number of carbonyl (C=O) groups is 1. The van der Waals surface area contributed by atoms with Crippen LogP contribution in [0.3, 0.4) is 0 Å². The highest BCUT2D eigenvalue weighted by molar-refractivity contribution is 5.90. The van der Waals surface area contributed by atoms with Gasteiger partial charge in [0.25, 0.3) is 0 Å². The molecule has 3 nitrogen and oxygen atoms in total. The van der Waals surface area contributed by atoms with Crippen LogP contribution in [0.25, 0.3) is 0 Å². The molecule has 0 bridgehead atoms. The predicted molar refractivity (Wildman–Crippen MR) is 81.1 cm³/mol. The molecule has 1 fully saturated rings. The van der Waals surface area contributed by atoms with Gasteiger partial charge in [0.15, 0.2) is 0 Å². The number of methoxy groups -OCH3 is 1. The molecule has 0 aliphatic heterocycles. The lowest BCUT2D eigenvalue weighted by molar-refractivity contribution is -0.130. The van der Waals surface area contributed by atoms with Crippen LogP contribution in [0.5, 0.6) is 5.75 Å². The number of carbonyl (C=O) groups excluding carboxylic acids is 1. The van der Waals surface area contributed by atoms with Gasteiger partial charge in [0, 0.05) is 12.1 Å². The molecule has 1 aliphatic carbocycles. The van der Waals surface area contributed by atoms with Gasteiger partial charge in [0.05, 0.1) is 12.5 Å². The van der Waals surface area contributed by atoms with E-state index in [1.165, 1.54) is 12.8 Å². The molecule has 0 heterocycles. The van der Waals surface area contributed by atoms with Gasteiger partial charge in [0.2, 0.25) is 5.91 Å². The largest absolute Gasteiger partial charge is 0.496 e. The molecule has 0 spiro atoms. The minimum atomic E-state index is -0.362. The molecule has 0 unspecified atom stereocenters. The normalized spacial score (nSPS) is 16.3. The van der Waals surface area contributed by atoms with Crippen molar-refractivity contribution >= 4 is 5.91 Å². The Bertz CT molecular complexity index is 452.